The maximum absolute atomic E-state index is 5.72. The first-order chi connectivity index (χ1) is 22.8. The SMILES string of the molecule is C1=C(C2=CCCCCC2)CCCCC1.C1=C(C2=CCCCCC2)CCCCC1.CCCCCCCCCC(OCCC)OCCC. The molecule has 0 heterocycles. The van der Waals surface area contributed by atoms with Gasteiger partial charge in [-0.05, 0) is 151 Å². The lowest BCUT2D eigenvalue weighted by molar-refractivity contribution is -0.146. The maximum atomic E-state index is 5.72. The molecule has 0 amide bonds. The molecule has 266 valence electrons. The summed E-state index contributed by atoms with van der Waals surface area (Å²) in [5.74, 6) is 0. The zero-order chi connectivity index (χ0) is 32.8. The van der Waals surface area contributed by atoms with Crippen LogP contribution in [0.3, 0.4) is 0 Å². The Labute approximate surface area is 288 Å². The minimum atomic E-state index is 0.0422. The van der Waals surface area contributed by atoms with Crippen molar-refractivity contribution in [3.05, 3.63) is 46.6 Å². The summed E-state index contributed by atoms with van der Waals surface area (Å²) in [5.41, 5.74) is 6.79. The van der Waals surface area contributed by atoms with Gasteiger partial charge in [0, 0.05) is 13.2 Å². The zero-order valence-corrected chi connectivity index (χ0v) is 31.3. The molecule has 46 heavy (non-hydrogen) atoms. The van der Waals surface area contributed by atoms with Gasteiger partial charge in [0.25, 0.3) is 0 Å². The zero-order valence-electron chi connectivity index (χ0n) is 31.3. The van der Waals surface area contributed by atoms with Crippen LogP contribution in [-0.4, -0.2) is 19.5 Å². The molecule has 0 atom stereocenters. The number of rotatable bonds is 16. The normalized spacial score (nSPS) is 19.4. The number of hydrogen-bond donors (Lipinski definition) is 0. The van der Waals surface area contributed by atoms with Crippen molar-refractivity contribution in [1.29, 1.82) is 0 Å². The number of hydrogen-bond acceptors (Lipinski definition) is 2. The Hall–Kier alpha value is -1.12. The van der Waals surface area contributed by atoms with E-state index in [0.717, 1.165) is 32.5 Å². The molecular weight excluding hydrogens is 560 g/mol. The first-order valence-corrected chi connectivity index (χ1v) is 20.8. The third kappa shape index (κ3) is 21.0. The average Bonchev–Trinajstić information content (AvgIpc) is 3.71. The van der Waals surface area contributed by atoms with Crippen LogP contribution in [0.2, 0.25) is 0 Å². The van der Waals surface area contributed by atoms with Crippen molar-refractivity contribution in [2.45, 2.75) is 220 Å². The molecule has 0 bridgehead atoms. The van der Waals surface area contributed by atoms with Crippen molar-refractivity contribution >= 4 is 0 Å². The fraction of sp³-hybridized carbons (Fsp3) is 0.818. The summed E-state index contributed by atoms with van der Waals surface area (Å²) in [5, 5.41) is 0. The lowest BCUT2D eigenvalue weighted by Gasteiger charge is -2.18. The number of ether oxygens (including phenoxy) is 2. The molecule has 2 nitrogen and oxygen atoms in total. The lowest BCUT2D eigenvalue weighted by Crippen LogP contribution is -2.18. The molecular formula is C44H78O2. The second-order valence-electron chi connectivity index (χ2n) is 14.4. The summed E-state index contributed by atoms with van der Waals surface area (Å²) in [6, 6.07) is 0. The summed E-state index contributed by atoms with van der Waals surface area (Å²) in [6.07, 6.45) is 50.6. The number of unbranched alkanes of at least 4 members (excludes halogenated alkanes) is 6. The van der Waals surface area contributed by atoms with E-state index in [4.69, 9.17) is 9.47 Å². The van der Waals surface area contributed by atoms with Crippen molar-refractivity contribution in [3.63, 3.8) is 0 Å². The van der Waals surface area contributed by atoms with Gasteiger partial charge in [-0.25, -0.2) is 0 Å². The van der Waals surface area contributed by atoms with E-state index in [9.17, 15) is 0 Å². The Morgan fingerprint density at radius 3 is 1.11 bits per heavy atom. The summed E-state index contributed by atoms with van der Waals surface area (Å²) in [6.45, 7) is 8.20. The third-order valence-electron chi connectivity index (χ3n) is 10.0. The molecule has 4 aliphatic carbocycles. The summed E-state index contributed by atoms with van der Waals surface area (Å²) in [7, 11) is 0. The van der Waals surface area contributed by atoms with E-state index in [1.807, 2.05) is 0 Å². The fourth-order valence-electron chi connectivity index (χ4n) is 7.21. The van der Waals surface area contributed by atoms with Crippen LogP contribution in [0.25, 0.3) is 0 Å². The van der Waals surface area contributed by atoms with E-state index in [1.165, 1.54) is 173 Å². The van der Waals surface area contributed by atoms with Gasteiger partial charge < -0.3 is 9.47 Å². The molecule has 0 aromatic heterocycles. The monoisotopic (exact) mass is 639 g/mol. The molecule has 0 aromatic rings. The van der Waals surface area contributed by atoms with Gasteiger partial charge in [0.05, 0.1) is 0 Å². The minimum Gasteiger partial charge on any atom is -0.353 e. The molecule has 0 N–H and O–H groups in total. The summed E-state index contributed by atoms with van der Waals surface area (Å²) < 4.78 is 11.4. The highest BCUT2D eigenvalue weighted by Crippen LogP contribution is 2.30. The molecule has 0 radical (unpaired) electrons. The molecule has 4 rings (SSSR count). The van der Waals surface area contributed by atoms with E-state index >= 15 is 0 Å². The van der Waals surface area contributed by atoms with Crippen LogP contribution in [0.4, 0.5) is 0 Å². The van der Waals surface area contributed by atoms with Gasteiger partial charge in [-0.15, -0.1) is 0 Å². The average molecular weight is 639 g/mol. The second-order valence-corrected chi connectivity index (χ2v) is 14.4. The van der Waals surface area contributed by atoms with Crippen LogP contribution in [0, 0.1) is 0 Å². The van der Waals surface area contributed by atoms with Crippen LogP contribution in [0.15, 0.2) is 46.6 Å². The molecule has 0 fully saturated rings. The Balaban J connectivity index is 0.000000242. The maximum Gasteiger partial charge on any atom is 0.157 e. The van der Waals surface area contributed by atoms with Crippen molar-refractivity contribution in [2.75, 3.05) is 13.2 Å². The standard InChI is InChI=1S/C16H34O2.2C14H22/c1-4-7-8-9-10-11-12-13-16(17-14-5-2)18-15-6-3;2*1-2-6-10-13(9-5-1)14-11-7-3-4-8-12-14/h16H,4-15H2,1-3H3;2*9,11H,1-8,10,12H2. The van der Waals surface area contributed by atoms with Gasteiger partial charge >= 0.3 is 0 Å². The highest BCUT2D eigenvalue weighted by molar-refractivity contribution is 5.32. The smallest absolute Gasteiger partial charge is 0.157 e. The Bertz CT molecular complexity index is 719. The summed E-state index contributed by atoms with van der Waals surface area (Å²) in [4.78, 5) is 0. The van der Waals surface area contributed by atoms with Crippen LogP contribution in [-0.2, 0) is 9.47 Å². The van der Waals surface area contributed by atoms with Crippen molar-refractivity contribution in [1.82, 2.24) is 0 Å². The van der Waals surface area contributed by atoms with Crippen LogP contribution in [0.1, 0.15) is 213 Å². The van der Waals surface area contributed by atoms with Crippen molar-refractivity contribution in [3.8, 4) is 0 Å². The van der Waals surface area contributed by atoms with E-state index in [1.54, 1.807) is 22.3 Å². The minimum absolute atomic E-state index is 0.0422. The molecule has 0 spiro atoms. The van der Waals surface area contributed by atoms with E-state index in [0.29, 0.717) is 0 Å². The molecule has 0 saturated heterocycles. The Morgan fingerprint density at radius 1 is 0.413 bits per heavy atom. The Kier molecular flexibility index (Phi) is 26.8. The molecule has 0 saturated carbocycles. The molecule has 0 aromatic carbocycles. The highest BCUT2D eigenvalue weighted by atomic mass is 16.7. The van der Waals surface area contributed by atoms with Crippen LogP contribution in [0.5, 0.6) is 0 Å². The van der Waals surface area contributed by atoms with Crippen LogP contribution < -0.4 is 0 Å². The molecule has 0 aliphatic heterocycles. The predicted octanol–water partition coefficient (Wildman–Crippen LogP) is 14.8. The van der Waals surface area contributed by atoms with Gasteiger partial charge in [0.15, 0.2) is 6.29 Å². The third-order valence-corrected chi connectivity index (χ3v) is 10.0. The van der Waals surface area contributed by atoms with E-state index in [2.05, 4.69) is 45.1 Å². The van der Waals surface area contributed by atoms with Crippen molar-refractivity contribution in [2.24, 2.45) is 0 Å². The van der Waals surface area contributed by atoms with Crippen LogP contribution >= 0.6 is 0 Å². The van der Waals surface area contributed by atoms with Crippen molar-refractivity contribution < 1.29 is 9.47 Å². The first-order valence-electron chi connectivity index (χ1n) is 20.8. The topological polar surface area (TPSA) is 18.5 Å². The van der Waals surface area contributed by atoms with E-state index in [-0.39, 0.29) is 6.29 Å². The largest absolute Gasteiger partial charge is 0.353 e. The first kappa shape index (κ1) is 41.1. The van der Waals surface area contributed by atoms with Gasteiger partial charge in [0.1, 0.15) is 0 Å². The Morgan fingerprint density at radius 2 is 0.761 bits per heavy atom. The fourth-order valence-corrected chi connectivity index (χ4v) is 7.21. The molecule has 4 aliphatic rings. The van der Waals surface area contributed by atoms with E-state index < -0.39 is 0 Å². The van der Waals surface area contributed by atoms with Gasteiger partial charge in [-0.1, -0.05) is 109 Å². The molecule has 2 heteroatoms. The van der Waals surface area contributed by atoms with Gasteiger partial charge in [-0.2, -0.15) is 0 Å². The van der Waals surface area contributed by atoms with Gasteiger partial charge in [0.2, 0.25) is 0 Å². The summed E-state index contributed by atoms with van der Waals surface area (Å²) >= 11 is 0. The highest BCUT2D eigenvalue weighted by Gasteiger charge is 2.11. The second kappa shape index (κ2) is 30.0. The number of allylic oxidation sites excluding steroid dienone is 8. The predicted molar refractivity (Wildman–Crippen MR) is 204 cm³/mol. The lowest BCUT2D eigenvalue weighted by atomic mass is 9.97. The van der Waals surface area contributed by atoms with Gasteiger partial charge in [-0.3, -0.25) is 0 Å². The quantitative estimate of drug-likeness (QED) is 0.124. The molecule has 0 unspecified atom stereocenters.